The van der Waals surface area contributed by atoms with Crippen molar-refractivity contribution in [2.45, 2.75) is 31.0 Å². The lowest BCUT2D eigenvalue weighted by atomic mass is 10.1. The lowest BCUT2D eigenvalue weighted by Gasteiger charge is -2.17. The van der Waals surface area contributed by atoms with Crippen molar-refractivity contribution in [3.05, 3.63) is 66.4 Å². The minimum atomic E-state index is -0.101. The molecule has 1 N–H and O–H groups in total. The van der Waals surface area contributed by atoms with Crippen LogP contribution in [0.25, 0.3) is 16.9 Å². The highest BCUT2D eigenvalue weighted by molar-refractivity contribution is 7.99. The Kier molecular flexibility index (Phi) is 6.42. The van der Waals surface area contributed by atoms with Gasteiger partial charge < -0.3 is 10.2 Å². The van der Waals surface area contributed by atoms with E-state index in [0.717, 1.165) is 34.9 Å². The Morgan fingerprint density at radius 3 is 2.52 bits per heavy atom. The summed E-state index contributed by atoms with van der Waals surface area (Å²) in [5.41, 5.74) is 4.22. The van der Waals surface area contributed by atoms with Gasteiger partial charge in [-0.3, -0.25) is 14.2 Å². The number of imidazole rings is 1. The first-order valence-electron chi connectivity index (χ1n) is 10.4. The van der Waals surface area contributed by atoms with E-state index in [-0.39, 0.29) is 24.1 Å². The molecular weight excluding hydrogens is 408 g/mol. The van der Waals surface area contributed by atoms with E-state index in [1.54, 1.807) is 7.05 Å². The number of rotatable bonds is 8. The highest BCUT2D eigenvalue weighted by Gasteiger charge is 2.24. The summed E-state index contributed by atoms with van der Waals surface area (Å²) in [6.45, 7) is 2.14. The molecule has 4 rings (SSSR count). The number of benzene rings is 2. The van der Waals surface area contributed by atoms with Gasteiger partial charge in [-0.25, -0.2) is 4.98 Å². The molecule has 6 nitrogen and oxygen atoms in total. The molecule has 1 aromatic heterocycles. The predicted octanol–water partition coefficient (Wildman–Crippen LogP) is 3.68. The van der Waals surface area contributed by atoms with E-state index in [9.17, 15) is 9.59 Å². The number of nitrogens with one attached hydrogen (secondary N) is 1. The molecule has 0 aliphatic heterocycles. The van der Waals surface area contributed by atoms with Crippen LogP contribution in [0.5, 0.6) is 0 Å². The molecule has 0 bridgehead atoms. The van der Waals surface area contributed by atoms with Crippen LogP contribution in [0.3, 0.4) is 0 Å². The first-order chi connectivity index (χ1) is 15.0. The monoisotopic (exact) mass is 434 g/mol. The summed E-state index contributed by atoms with van der Waals surface area (Å²) in [5.74, 6) is 0.0101. The second-order valence-electron chi connectivity index (χ2n) is 7.84. The van der Waals surface area contributed by atoms with E-state index >= 15 is 0 Å². The van der Waals surface area contributed by atoms with E-state index in [1.807, 2.05) is 36.5 Å². The number of aromatic nitrogens is 2. The molecule has 0 radical (unpaired) electrons. The van der Waals surface area contributed by atoms with E-state index in [2.05, 4.69) is 46.1 Å². The van der Waals surface area contributed by atoms with E-state index in [1.165, 1.54) is 22.2 Å². The van der Waals surface area contributed by atoms with Gasteiger partial charge in [0.15, 0.2) is 5.16 Å². The molecule has 31 heavy (non-hydrogen) atoms. The van der Waals surface area contributed by atoms with Crippen LogP contribution in [-0.4, -0.2) is 51.7 Å². The van der Waals surface area contributed by atoms with Crippen molar-refractivity contribution in [1.82, 2.24) is 19.8 Å². The Balaban J connectivity index is 1.50. The number of amides is 2. The van der Waals surface area contributed by atoms with Crippen molar-refractivity contribution >= 4 is 23.6 Å². The summed E-state index contributed by atoms with van der Waals surface area (Å²) < 4.78 is 2.07. The summed E-state index contributed by atoms with van der Waals surface area (Å²) in [6, 6.07) is 18.6. The number of nitrogens with zero attached hydrogens (tertiary/aromatic N) is 3. The lowest BCUT2D eigenvalue weighted by molar-refractivity contribution is -0.132. The lowest BCUT2D eigenvalue weighted by Crippen LogP contribution is -2.39. The largest absolute Gasteiger partial charge is 0.352 e. The Bertz CT molecular complexity index is 1060. The molecule has 1 aliphatic rings. The van der Waals surface area contributed by atoms with Gasteiger partial charge in [-0.1, -0.05) is 59.8 Å². The molecular formula is C24H26N4O2S. The van der Waals surface area contributed by atoms with Gasteiger partial charge in [0.25, 0.3) is 0 Å². The Labute approximate surface area is 186 Å². The fourth-order valence-corrected chi connectivity index (χ4v) is 4.17. The second-order valence-corrected chi connectivity index (χ2v) is 8.79. The maximum atomic E-state index is 12.6. The van der Waals surface area contributed by atoms with Gasteiger partial charge >= 0.3 is 0 Å². The highest BCUT2D eigenvalue weighted by atomic mass is 32.2. The first kappa shape index (κ1) is 21.2. The van der Waals surface area contributed by atoms with Crippen LogP contribution in [0.4, 0.5) is 0 Å². The predicted molar refractivity (Wildman–Crippen MR) is 123 cm³/mol. The molecule has 2 aromatic carbocycles. The number of hydrogen-bond acceptors (Lipinski definition) is 4. The molecule has 1 aliphatic carbocycles. The average Bonchev–Trinajstić information content (AvgIpc) is 3.48. The Morgan fingerprint density at radius 2 is 1.84 bits per heavy atom. The molecule has 160 valence electrons. The summed E-state index contributed by atoms with van der Waals surface area (Å²) in [4.78, 5) is 30.7. The molecule has 7 heteroatoms. The topological polar surface area (TPSA) is 67.2 Å². The van der Waals surface area contributed by atoms with E-state index in [0.29, 0.717) is 6.04 Å². The third-order valence-corrected chi connectivity index (χ3v) is 6.10. The molecule has 0 saturated heterocycles. The minimum Gasteiger partial charge on any atom is -0.352 e. The van der Waals surface area contributed by atoms with Gasteiger partial charge in [0, 0.05) is 24.3 Å². The Hall–Kier alpha value is -3.06. The Morgan fingerprint density at radius 1 is 1.13 bits per heavy atom. The van der Waals surface area contributed by atoms with Crippen molar-refractivity contribution in [2.75, 3.05) is 19.3 Å². The van der Waals surface area contributed by atoms with Crippen LogP contribution in [0.2, 0.25) is 0 Å². The molecule has 0 atom stereocenters. The van der Waals surface area contributed by atoms with Gasteiger partial charge in [-0.15, -0.1) is 0 Å². The van der Waals surface area contributed by atoms with Crippen molar-refractivity contribution in [1.29, 1.82) is 0 Å². The summed E-state index contributed by atoms with van der Waals surface area (Å²) in [7, 11) is 1.66. The molecule has 1 fully saturated rings. The zero-order valence-electron chi connectivity index (χ0n) is 17.7. The van der Waals surface area contributed by atoms with Crippen LogP contribution in [0.15, 0.2) is 66.0 Å². The number of carbonyl (C=O) groups is 2. The molecule has 1 saturated carbocycles. The van der Waals surface area contributed by atoms with E-state index in [4.69, 9.17) is 0 Å². The van der Waals surface area contributed by atoms with Gasteiger partial charge in [-0.2, -0.15) is 0 Å². The van der Waals surface area contributed by atoms with Crippen molar-refractivity contribution < 1.29 is 9.59 Å². The second kappa shape index (κ2) is 9.39. The quantitative estimate of drug-likeness (QED) is 0.549. The molecule has 3 aromatic rings. The van der Waals surface area contributed by atoms with Crippen LogP contribution in [0.1, 0.15) is 18.4 Å². The number of para-hydroxylation sites is 1. The fourth-order valence-electron chi connectivity index (χ4n) is 3.23. The van der Waals surface area contributed by atoms with Gasteiger partial charge in [0.2, 0.25) is 11.8 Å². The van der Waals surface area contributed by atoms with Crippen molar-refractivity contribution in [2.24, 2.45) is 0 Å². The van der Waals surface area contributed by atoms with Crippen LogP contribution in [0, 0.1) is 6.92 Å². The number of thioether (sulfide) groups is 1. The summed E-state index contributed by atoms with van der Waals surface area (Å²) >= 11 is 1.38. The van der Waals surface area contributed by atoms with Gasteiger partial charge in [0.1, 0.15) is 0 Å². The van der Waals surface area contributed by atoms with Crippen LogP contribution in [-0.2, 0) is 9.59 Å². The molecule has 0 spiro atoms. The van der Waals surface area contributed by atoms with E-state index < -0.39 is 0 Å². The molecule has 1 heterocycles. The maximum absolute atomic E-state index is 12.6. The van der Waals surface area contributed by atoms with Crippen molar-refractivity contribution in [3.63, 3.8) is 0 Å². The smallest absolute Gasteiger partial charge is 0.239 e. The highest BCUT2D eigenvalue weighted by Crippen LogP contribution is 2.30. The number of carbonyl (C=O) groups excluding carboxylic acids is 2. The van der Waals surface area contributed by atoms with Crippen LogP contribution < -0.4 is 5.32 Å². The van der Waals surface area contributed by atoms with Gasteiger partial charge in [0.05, 0.1) is 24.2 Å². The zero-order chi connectivity index (χ0) is 21.8. The zero-order valence-corrected chi connectivity index (χ0v) is 18.6. The normalized spacial score (nSPS) is 13.1. The average molecular weight is 435 g/mol. The minimum absolute atomic E-state index is 0.0810. The standard InChI is InChI=1S/C24H26N4O2S/c1-17-8-10-18(11-9-17)21-14-25-24(28(21)20-6-4-3-5-7-20)31-16-23(30)27(2)15-22(29)26-19-12-13-19/h3-11,14,19H,12-13,15-16H2,1-2H3,(H,26,29). The number of hydrogen-bond donors (Lipinski definition) is 1. The fraction of sp³-hybridized carbons (Fsp3) is 0.292. The molecule has 2 amide bonds. The summed E-state index contributed by atoms with van der Waals surface area (Å²) in [5, 5.41) is 3.66. The van der Waals surface area contributed by atoms with Gasteiger partial charge in [-0.05, 0) is 31.9 Å². The van der Waals surface area contributed by atoms with Crippen LogP contribution >= 0.6 is 11.8 Å². The SMILES string of the molecule is Cc1ccc(-c2cnc(SCC(=O)N(C)CC(=O)NC3CC3)n2-c2ccccc2)cc1. The van der Waals surface area contributed by atoms with Crippen molar-refractivity contribution in [3.8, 4) is 16.9 Å². The molecule has 0 unspecified atom stereocenters. The third-order valence-electron chi connectivity index (χ3n) is 5.16. The summed E-state index contributed by atoms with van der Waals surface area (Å²) in [6.07, 6.45) is 3.91. The maximum Gasteiger partial charge on any atom is 0.239 e. The number of aryl methyl sites for hydroxylation is 1. The number of likely N-dealkylation sites (N-methyl/N-ethyl adjacent to an activating group) is 1. The first-order valence-corrected chi connectivity index (χ1v) is 11.4. The third kappa shape index (κ3) is 5.35.